The van der Waals surface area contributed by atoms with E-state index in [1.165, 1.54) is 5.69 Å². The van der Waals surface area contributed by atoms with E-state index < -0.39 is 0 Å². The second-order valence-electron chi connectivity index (χ2n) is 9.59. The predicted molar refractivity (Wildman–Crippen MR) is 124 cm³/mol. The molecule has 1 aromatic heterocycles. The second kappa shape index (κ2) is 7.80. The number of hydrogen-bond acceptors (Lipinski definition) is 5. The van der Waals surface area contributed by atoms with Gasteiger partial charge >= 0.3 is 0 Å². The number of carbonyl (C=O) groups is 2. The van der Waals surface area contributed by atoms with Gasteiger partial charge in [0, 0.05) is 63.4 Å². The number of nitrogens with zero attached hydrogens (tertiary/aromatic N) is 3. The molecule has 3 aliphatic heterocycles. The molecule has 2 aromatic rings. The maximum Gasteiger partial charge on any atom is 0.274 e. The van der Waals surface area contributed by atoms with Crippen LogP contribution in [0.15, 0.2) is 35.3 Å². The number of imide groups is 1. The molecule has 0 saturated carbocycles. The van der Waals surface area contributed by atoms with Crippen LogP contribution < -0.4 is 20.7 Å². The molecule has 4 heterocycles. The molecule has 7 heteroatoms. The number of aryl methyl sites for hydroxylation is 2. The Hall–Kier alpha value is -3.09. The van der Waals surface area contributed by atoms with E-state index in [1.807, 2.05) is 38.4 Å². The zero-order valence-corrected chi connectivity index (χ0v) is 18.9. The third-order valence-electron chi connectivity index (χ3n) is 7.55. The van der Waals surface area contributed by atoms with Crippen LogP contribution >= 0.6 is 0 Å². The van der Waals surface area contributed by atoms with Crippen LogP contribution in [-0.2, 0) is 16.6 Å². The van der Waals surface area contributed by atoms with Gasteiger partial charge in [-0.25, -0.2) is 0 Å². The fraction of sp³-hybridized carbons (Fsp3) is 0.480. The highest BCUT2D eigenvalue weighted by Gasteiger charge is 2.41. The summed E-state index contributed by atoms with van der Waals surface area (Å²) in [5, 5.41) is 2.49. The minimum absolute atomic E-state index is 0.0783. The maximum absolute atomic E-state index is 12.7. The SMILES string of the molecule is Cc1ccn(C)c(=O)c1N1CC2CN(c3cccc(C4CCC(=O)NC4=O)c3C)CC2C1. The van der Waals surface area contributed by atoms with Crippen LogP contribution in [0.5, 0.6) is 0 Å². The summed E-state index contributed by atoms with van der Waals surface area (Å²) in [4.78, 5) is 41.4. The number of anilines is 2. The summed E-state index contributed by atoms with van der Waals surface area (Å²) in [6, 6.07) is 8.20. The smallest absolute Gasteiger partial charge is 0.274 e. The predicted octanol–water partition coefficient (Wildman–Crippen LogP) is 2.09. The van der Waals surface area contributed by atoms with Crippen molar-refractivity contribution in [2.45, 2.75) is 32.6 Å². The van der Waals surface area contributed by atoms with E-state index in [-0.39, 0.29) is 23.3 Å². The fourth-order valence-corrected chi connectivity index (χ4v) is 5.81. The largest absolute Gasteiger partial charge is 0.371 e. The zero-order chi connectivity index (χ0) is 22.6. The summed E-state index contributed by atoms with van der Waals surface area (Å²) in [7, 11) is 1.81. The van der Waals surface area contributed by atoms with E-state index in [9.17, 15) is 14.4 Å². The third-order valence-corrected chi connectivity index (χ3v) is 7.55. The lowest BCUT2D eigenvalue weighted by atomic mass is 9.87. The van der Waals surface area contributed by atoms with Crippen LogP contribution in [-0.4, -0.2) is 42.6 Å². The van der Waals surface area contributed by atoms with Crippen LogP contribution in [0.2, 0.25) is 0 Å². The Balaban J connectivity index is 1.34. The summed E-state index contributed by atoms with van der Waals surface area (Å²) in [5.41, 5.74) is 5.29. The molecule has 1 aromatic carbocycles. The zero-order valence-electron chi connectivity index (χ0n) is 18.9. The van der Waals surface area contributed by atoms with E-state index in [2.05, 4.69) is 28.1 Å². The Kier molecular flexibility index (Phi) is 5.07. The average Bonchev–Trinajstić information content (AvgIpc) is 3.31. The molecule has 32 heavy (non-hydrogen) atoms. The molecule has 3 atom stereocenters. The molecule has 0 aliphatic carbocycles. The van der Waals surface area contributed by atoms with Crippen molar-refractivity contribution in [2.24, 2.45) is 18.9 Å². The van der Waals surface area contributed by atoms with Crippen LogP contribution in [0, 0.1) is 25.7 Å². The van der Waals surface area contributed by atoms with Gasteiger partial charge in [-0.2, -0.15) is 0 Å². The molecule has 3 fully saturated rings. The number of piperidine rings is 1. The number of hydrogen-bond donors (Lipinski definition) is 1. The number of carbonyl (C=O) groups excluding carboxylic acids is 2. The second-order valence-corrected chi connectivity index (χ2v) is 9.59. The molecule has 0 spiro atoms. The van der Waals surface area contributed by atoms with Crippen molar-refractivity contribution in [1.29, 1.82) is 0 Å². The molecular weight excluding hydrogens is 404 g/mol. The van der Waals surface area contributed by atoms with E-state index >= 15 is 0 Å². The normalized spacial score (nSPS) is 25.3. The molecule has 3 aliphatic rings. The Morgan fingerprint density at radius 2 is 1.62 bits per heavy atom. The summed E-state index contributed by atoms with van der Waals surface area (Å²) in [6.45, 7) is 7.80. The molecule has 0 radical (unpaired) electrons. The molecule has 2 amide bonds. The highest BCUT2D eigenvalue weighted by Crippen LogP contribution is 2.39. The van der Waals surface area contributed by atoms with E-state index in [0.717, 1.165) is 48.6 Å². The van der Waals surface area contributed by atoms with E-state index in [0.29, 0.717) is 24.7 Å². The highest BCUT2D eigenvalue weighted by molar-refractivity contribution is 6.01. The van der Waals surface area contributed by atoms with Crippen LogP contribution in [0.25, 0.3) is 0 Å². The monoisotopic (exact) mass is 434 g/mol. The van der Waals surface area contributed by atoms with Gasteiger partial charge in [-0.05, 0) is 49.1 Å². The van der Waals surface area contributed by atoms with Crippen molar-refractivity contribution in [3.8, 4) is 0 Å². The standard InChI is InChI=1S/C25H30N4O3/c1-15-9-10-27(3)25(32)23(15)29-13-17-11-28(12-18(17)14-29)21-6-4-5-19(16(21)2)20-7-8-22(30)26-24(20)31/h4-6,9-10,17-18,20H,7-8,11-14H2,1-3H3,(H,26,30,31). The van der Waals surface area contributed by atoms with Crippen molar-refractivity contribution in [1.82, 2.24) is 9.88 Å². The van der Waals surface area contributed by atoms with E-state index in [4.69, 9.17) is 0 Å². The number of nitrogens with one attached hydrogen (secondary N) is 1. The van der Waals surface area contributed by atoms with Crippen LogP contribution in [0.4, 0.5) is 11.4 Å². The Morgan fingerprint density at radius 1 is 0.938 bits per heavy atom. The van der Waals surface area contributed by atoms with Crippen molar-refractivity contribution in [3.63, 3.8) is 0 Å². The van der Waals surface area contributed by atoms with Crippen molar-refractivity contribution >= 4 is 23.2 Å². The lowest BCUT2D eigenvalue weighted by Crippen LogP contribution is -2.39. The highest BCUT2D eigenvalue weighted by atomic mass is 16.2. The van der Waals surface area contributed by atoms with Gasteiger partial charge in [0.25, 0.3) is 5.56 Å². The summed E-state index contributed by atoms with van der Waals surface area (Å²) in [6.07, 6.45) is 2.79. The first-order chi connectivity index (χ1) is 15.3. The van der Waals surface area contributed by atoms with Crippen molar-refractivity contribution < 1.29 is 9.59 Å². The lowest BCUT2D eigenvalue weighted by Gasteiger charge is -2.28. The molecule has 3 saturated heterocycles. The fourth-order valence-electron chi connectivity index (χ4n) is 5.81. The van der Waals surface area contributed by atoms with Gasteiger partial charge in [0.05, 0.1) is 5.92 Å². The molecule has 0 bridgehead atoms. The summed E-state index contributed by atoms with van der Waals surface area (Å²) in [5.74, 6) is 0.397. The quantitative estimate of drug-likeness (QED) is 0.749. The maximum atomic E-state index is 12.7. The first-order valence-electron chi connectivity index (χ1n) is 11.4. The topological polar surface area (TPSA) is 74.7 Å². The van der Waals surface area contributed by atoms with Gasteiger partial charge in [0.1, 0.15) is 5.69 Å². The number of rotatable bonds is 3. The lowest BCUT2D eigenvalue weighted by molar-refractivity contribution is -0.134. The molecule has 1 N–H and O–H groups in total. The van der Waals surface area contributed by atoms with Crippen molar-refractivity contribution in [2.75, 3.05) is 36.0 Å². The molecule has 7 nitrogen and oxygen atoms in total. The van der Waals surface area contributed by atoms with Crippen LogP contribution in [0.1, 0.15) is 35.4 Å². The van der Waals surface area contributed by atoms with Crippen molar-refractivity contribution in [3.05, 3.63) is 57.5 Å². The molecular formula is C25H30N4O3. The van der Waals surface area contributed by atoms with Gasteiger partial charge in [-0.1, -0.05) is 12.1 Å². The summed E-state index contributed by atoms with van der Waals surface area (Å²) < 4.78 is 1.66. The van der Waals surface area contributed by atoms with Gasteiger partial charge in [-0.15, -0.1) is 0 Å². The number of aromatic nitrogens is 1. The number of fused-ring (bicyclic) bond motifs is 1. The number of benzene rings is 1. The Morgan fingerprint density at radius 3 is 2.31 bits per heavy atom. The molecule has 5 rings (SSSR count). The minimum Gasteiger partial charge on any atom is -0.371 e. The third kappa shape index (κ3) is 3.40. The molecule has 3 unspecified atom stereocenters. The Bertz CT molecular complexity index is 1140. The first kappa shape index (κ1) is 20.8. The molecule has 168 valence electrons. The van der Waals surface area contributed by atoms with Gasteiger partial charge in [-0.3, -0.25) is 19.7 Å². The van der Waals surface area contributed by atoms with Gasteiger partial charge in [0.2, 0.25) is 11.8 Å². The van der Waals surface area contributed by atoms with Crippen LogP contribution in [0.3, 0.4) is 0 Å². The minimum atomic E-state index is -0.262. The van der Waals surface area contributed by atoms with Gasteiger partial charge < -0.3 is 14.4 Å². The van der Waals surface area contributed by atoms with E-state index in [1.54, 1.807) is 4.57 Å². The number of amides is 2. The number of pyridine rings is 1. The Labute approximate surface area is 188 Å². The average molecular weight is 435 g/mol. The van der Waals surface area contributed by atoms with Gasteiger partial charge in [0.15, 0.2) is 0 Å². The first-order valence-corrected chi connectivity index (χ1v) is 11.4. The summed E-state index contributed by atoms with van der Waals surface area (Å²) >= 11 is 0.